The van der Waals surface area contributed by atoms with Crippen LogP contribution in [0, 0.1) is 0 Å². The Bertz CT molecular complexity index is 1020. The lowest BCUT2D eigenvalue weighted by Gasteiger charge is -2.10. The number of benzene rings is 2. The Morgan fingerprint density at radius 1 is 0.885 bits per heavy atom. The number of carbonyl (C=O) groups is 1. The second-order valence-corrected chi connectivity index (χ2v) is 6.56. The Morgan fingerprint density at radius 3 is 2.31 bits per heavy atom. The van der Waals surface area contributed by atoms with Gasteiger partial charge in [0.25, 0.3) is 5.91 Å². The van der Waals surface area contributed by atoms with Gasteiger partial charge in [-0.3, -0.25) is 4.79 Å². The van der Waals surface area contributed by atoms with Crippen molar-refractivity contribution in [2.24, 2.45) is 0 Å². The largest absolute Gasteiger partial charge is 0.305 e. The number of nitrogens with zero attached hydrogens (tertiary/aromatic N) is 2. The Hall–Kier alpha value is -3.31. The van der Waals surface area contributed by atoms with Gasteiger partial charge in [0, 0.05) is 11.1 Å². The van der Waals surface area contributed by atoms with E-state index >= 15 is 0 Å². The highest BCUT2D eigenvalue weighted by Gasteiger charge is 2.15. The van der Waals surface area contributed by atoms with Crippen LogP contribution >= 0.6 is 11.3 Å². The third kappa shape index (κ3) is 3.38. The lowest BCUT2D eigenvalue weighted by atomic mass is 10.1. The molecule has 1 N–H and O–H groups in total. The summed E-state index contributed by atoms with van der Waals surface area (Å²) < 4.78 is 0. The van der Waals surface area contributed by atoms with E-state index in [0.717, 1.165) is 16.1 Å². The molecule has 0 saturated carbocycles. The Kier molecular flexibility index (Phi) is 4.53. The quantitative estimate of drug-likeness (QED) is 0.551. The van der Waals surface area contributed by atoms with E-state index in [-0.39, 0.29) is 5.91 Å². The van der Waals surface area contributed by atoms with Crippen LogP contribution in [0.5, 0.6) is 0 Å². The van der Waals surface area contributed by atoms with Crippen molar-refractivity contribution in [3.63, 3.8) is 0 Å². The maximum Gasteiger partial charge on any atom is 0.256 e. The van der Waals surface area contributed by atoms with Crippen LogP contribution in [0.1, 0.15) is 10.4 Å². The van der Waals surface area contributed by atoms with Crippen molar-refractivity contribution >= 4 is 23.1 Å². The van der Waals surface area contributed by atoms with Crippen LogP contribution in [0.2, 0.25) is 0 Å². The number of hydrogen-bond acceptors (Lipinski definition) is 4. The second kappa shape index (κ2) is 7.29. The van der Waals surface area contributed by atoms with E-state index in [1.165, 1.54) is 0 Å². The molecule has 26 heavy (non-hydrogen) atoms. The Labute approximate surface area is 155 Å². The molecule has 0 fully saturated rings. The predicted octanol–water partition coefficient (Wildman–Crippen LogP) is 5.12. The SMILES string of the molecule is O=C(Nc1ncc(-c2ccccc2)nc1-c1cccs1)c1ccccc1. The summed E-state index contributed by atoms with van der Waals surface area (Å²) >= 11 is 1.56. The first kappa shape index (κ1) is 16.2. The number of anilines is 1. The van der Waals surface area contributed by atoms with Gasteiger partial charge in [-0.05, 0) is 23.6 Å². The average molecular weight is 357 g/mol. The summed E-state index contributed by atoms with van der Waals surface area (Å²) in [7, 11) is 0. The van der Waals surface area contributed by atoms with Crippen molar-refractivity contribution < 1.29 is 4.79 Å². The van der Waals surface area contributed by atoms with E-state index in [4.69, 9.17) is 4.98 Å². The standard InChI is InChI=1S/C21H15N3OS/c25-21(16-10-5-2-6-11-16)24-20-19(18-12-7-13-26-18)23-17(14-22-20)15-8-3-1-4-9-15/h1-14H,(H,22,24,25). The molecule has 5 heteroatoms. The molecule has 2 aromatic carbocycles. The van der Waals surface area contributed by atoms with Crippen LogP contribution < -0.4 is 5.32 Å². The molecule has 0 aliphatic carbocycles. The molecule has 0 saturated heterocycles. The van der Waals surface area contributed by atoms with Gasteiger partial charge in [-0.2, -0.15) is 0 Å². The van der Waals surface area contributed by atoms with Crippen molar-refractivity contribution in [3.05, 3.63) is 89.9 Å². The smallest absolute Gasteiger partial charge is 0.256 e. The van der Waals surface area contributed by atoms with E-state index in [2.05, 4.69) is 10.3 Å². The van der Waals surface area contributed by atoms with Gasteiger partial charge in [-0.15, -0.1) is 11.3 Å². The van der Waals surface area contributed by atoms with E-state index in [0.29, 0.717) is 17.1 Å². The molecule has 126 valence electrons. The minimum atomic E-state index is -0.204. The van der Waals surface area contributed by atoms with E-state index in [1.807, 2.05) is 66.0 Å². The van der Waals surface area contributed by atoms with Gasteiger partial charge in [-0.25, -0.2) is 9.97 Å². The molecule has 4 aromatic rings. The molecule has 1 amide bonds. The summed E-state index contributed by atoms with van der Waals surface area (Å²) in [5.74, 6) is 0.256. The first-order valence-corrected chi connectivity index (χ1v) is 9.02. The zero-order valence-electron chi connectivity index (χ0n) is 13.8. The third-order valence-corrected chi connectivity index (χ3v) is 4.74. The molecule has 2 heterocycles. The van der Waals surface area contributed by atoms with Crippen LogP contribution in [-0.4, -0.2) is 15.9 Å². The minimum Gasteiger partial charge on any atom is -0.305 e. The van der Waals surface area contributed by atoms with Crippen molar-refractivity contribution in [1.29, 1.82) is 0 Å². The molecule has 0 bridgehead atoms. The van der Waals surface area contributed by atoms with E-state index in [9.17, 15) is 4.79 Å². The van der Waals surface area contributed by atoms with Gasteiger partial charge < -0.3 is 5.32 Å². The number of carbonyl (C=O) groups excluding carboxylic acids is 1. The Morgan fingerprint density at radius 2 is 1.62 bits per heavy atom. The number of thiophene rings is 1. The van der Waals surface area contributed by atoms with Gasteiger partial charge in [-0.1, -0.05) is 54.6 Å². The predicted molar refractivity (Wildman–Crippen MR) is 105 cm³/mol. The first-order chi connectivity index (χ1) is 12.8. The average Bonchev–Trinajstić information content (AvgIpc) is 3.24. The summed E-state index contributed by atoms with van der Waals surface area (Å²) in [5, 5.41) is 4.87. The van der Waals surface area contributed by atoms with Gasteiger partial charge in [0.15, 0.2) is 5.82 Å². The summed E-state index contributed by atoms with van der Waals surface area (Å²) in [6.07, 6.45) is 1.69. The van der Waals surface area contributed by atoms with E-state index < -0.39 is 0 Å². The molecule has 0 radical (unpaired) electrons. The van der Waals surface area contributed by atoms with Gasteiger partial charge in [0.2, 0.25) is 0 Å². The molecule has 0 atom stereocenters. The highest BCUT2D eigenvalue weighted by molar-refractivity contribution is 7.13. The number of hydrogen-bond donors (Lipinski definition) is 1. The molecule has 2 aromatic heterocycles. The molecule has 0 spiro atoms. The molecule has 4 nitrogen and oxygen atoms in total. The summed E-state index contributed by atoms with van der Waals surface area (Å²) in [5.41, 5.74) is 3.01. The summed E-state index contributed by atoms with van der Waals surface area (Å²) in [6.45, 7) is 0. The topological polar surface area (TPSA) is 54.9 Å². The fraction of sp³-hybridized carbons (Fsp3) is 0. The van der Waals surface area contributed by atoms with Crippen molar-refractivity contribution in [2.75, 3.05) is 5.32 Å². The maximum atomic E-state index is 12.5. The normalized spacial score (nSPS) is 10.5. The third-order valence-electron chi connectivity index (χ3n) is 3.86. The second-order valence-electron chi connectivity index (χ2n) is 5.62. The lowest BCUT2D eigenvalue weighted by Crippen LogP contribution is -2.14. The van der Waals surface area contributed by atoms with Crippen molar-refractivity contribution in [2.45, 2.75) is 0 Å². The van der Waals surface area contributed by atoms with Crippen LogP contribution in [0.15, 0.2) is 84.4 Å². The van der Waals surface area contributed by atoms with E-state index in [1.54, 1.807) is 29.7 Å². The molecule has 0 aliphatic heterocycles. The fourth-order valence-corrected chi connectivity index (χ4v) is 3.30. The van der Waals surface area contributed by atoms with Gasteiger partial charge >= 0.3 is 0 Å². The molecular weight excluding hydrogens is 342 g/mol. The molecule has 0 unspecified atom stereocenters. The monoisotopic (exact) mass is 357 g/mol. The maximum absolute atomic E-state index is 12.5. The summed E-state index contributed by atoms with van der Waals surface area (Å²) in [6, 6.07) is 22.9. The van der Waals surface area contributed by atoms with Crippen LogP contribution in [0.25, 0.3) is 21.8 Å². The number of amides is 1. The highest BCUT2D eigenvalue weighted by atomic mass is 32.1. The van der Waals surface area contributed by atoms with Crippen molar-refractivity contribution in [1.82, 2.24) is 9.97 Å². The molecule has 4 rings (SSSR count). The Balaban J connectivity index is 1.73. The summed E-state index contributed by atoms with van der Waals surface area (Å²) in [4.78, 5) is 22.7. The zero-order chi connectivity index (χ0) is 17.8. The van der Waals surface area contributed by atoms with Gasteiger partial charge in [0.1, 0.15) is 5.69 Å². The van der Waals surface area contributed by atoms with Crippen molar-refractivity contribution in [3.8, 4) is 21.8 Å². The first-order valence-electron chi connectivity index (χ1n) is 8.14. The number of rotatable bonds is 4. The van der Waals surface area contributed by atoms with Crippen LogP contribution in [0.3, 0.4) is 0 Å². The molecule has 0 aliphatic rings. The fourth-order valence-electron chi connectivity index (χ4n) is 2.58. The lowest BCUT2D eigenvalue weighted by molar-refractivity contribution is 0.102. The minimum absolute atomic E-state index is 0.204. The zero-order valence-corrected chi connectivity index (χ0v) is 14.6. The van der Waals surface area contributed by atoms with Crippen LogP contribution in [-0.2, 0) is 0 Å². The number of nitrogens with one attached hydrogen (secondary N) is 1. The number of aromatic nitrogens is 2. The van der Waals surface area contributed by atoms with Gasteiger partial charge in [0.05, 0.1) is 16.8 Å². The highest BCUT2D eigenvalue weighted by Crippen LogP contribution is 2.31. The molecular formula is C21H15N3OS. The van der Waals surface area contributed by atoms with Crippen LogP contribution in [0.4, 0.5) is 5.82 Å².